The summed E-state index contributed by atoms with van der Waals surface area (Å²) in [6.45, 7) is 10.8. The Bertz CT molecular complexity index is 351. The number of nitrogens with one attached hydrogen (secondary N) is 1. The first-order valence-electron chi connectivity index (χ1n) is 5.89. The van der Waals surface area contributed by atoms with Gasteiger partial charge in [0.1, 0.15) is 11.6 Å². The Morgan fingerprint density at radius 1 is 1.25 bits per heavy atom. The molecule has 0 saturated heterocycles. The fraction of sp³-hybridized carbons (Fsp3) is 0.692. The van der Waals surface area contributed by atoms with Crippen molar-refractivity contribution in [2.24, 2.45) is 5.92 Å². The summed E-state index contributed by atoms with van der Waals surface area (Å²) in [6, 6.07) is 2.04. The van der Waals surface area contributed by atoms with Crippen LogP contribution in [-0.2, 0) is 11.8 Å². The smallest absolute Gasteiger partial charge is 0.136 e. The number of aromatic nitrogens is 2. The highest BCUT2D eigenvalue weighted by Crippen LogP contribution is 2.21. The molecule has 0 amide bonds. The highest BCUT2D eigenvalue weighted by molar-refractivity contribution is 5.36. The van der Waals surface area contributed by atoms with Gasteiger partial charge in [0.05, 0.1) is 0 Å². The maximum atomic E-state index is 4.64. The minimum atomic E-state index is -0.00140. The topological polar surface area (TPSA) is 37.8 Å². The van der Waals surface area contributed by atoms with Gasteiger partial charge in [0.2, 0.25) is 0 Å². The molecule has 1 heterocycles. The van der Waals surface area contributed by atoms with E-state index in [9.17, 15) is 0 Å². The van der Waals surface area contributed by atoms with Crippen LogP contribution < -0.4 is 5.32 Å². The molecule has 0 unspecified atom stereocenters. The number of anilines is 1. The Hall–Kier alpha value is -1.12. The van der Waals surface area contributed by atoms with Gasteiger partial charge in [-0.05, 0) is 12.3 Å². The molecule has 0 aromatic carbocycles. The molecular formula is C13H23N3. The van der Waals surface area contributed by atoms with E-state index < -0.39 is 0 Å². The second kappa shape index (κ2) is 4.81. The van der Waals surface area contributed by atoms with E-state index in [0.717, 1.165) is 23.8 Å². The molecule has 3 heteroatoms. The van der Waals surface area contributed by atoms with Crippen LogP contribution in [0.4, 0.5) is 5.82 Å². The summed E-state index contributed by atoms with van der Waals surface area (Å²) in [5.74, 6) is 2.44. The van der Waals surface area contributed by atoms with Gasteiger partial charge in [0.25, 0.3) is 0 Å². The largest absolute Gasteiger partial charge is 0.373 e. The van der Waals surface area contributed by atoms with Crippen molar-refractivity contribution < 1.29 is 0 Å². The molecule has 3 nitrogen and oxygen atoms in total. The predicted octanol–water partition coefficient (Wildman–Crippen LogP) is 3.01. The minimum Gasteiger partial charge on any atom is -0.373 e. The van der Waals surface area contributed by atoms with E-state index in [-0.39, 0.29) is 5.41 Å². The van der Waals surface area contributed by atoms with Crippen molar-refractivity contribution in [3.8, 4) is 0 Å². The maximum Gasteiger partial charge on any atom is 0.136 e. The van der Waals surface area contributed by atoms with Crippen molar-refractivity contribution in [1.29, 1.82) is 0 Å². The first kappa shape index (κ1) is 12.9. The van der Waals surface area contributed by atoms with Crippen molar-refractivity contribution in [2.75, 3.05) is 12.4 Å². The molecule has 1 rings (SSSR count). The van der Waals surface area contributed by atoms with Crippen LogP contribution >= 0.6 is 0 Å². The Morgan fingerprint density at radius 2 is 1.88 bits per heavy atom. The number of hydrogen-bond donors (Lipinski definition) is 1. The molecule has 16 heavy (non-hydrogen) atoms. The molecule has 90 valence electrons. The van der Waals surface area contributed by atoms with Crippen molar-refractivity contribution >= 4 is 5.82 Å². The average Bonchev–Trinajstić information content (AvgIpc) is 2.14. The maximum absolute atomic E-state index is 4.64. The van der Waals surface area contributed by atoms with E-state index in [1.807, 2.05) is 13.1 Å². The Labute approximate surface area is 98.7 Å². The summed E-state index contributed by atoms with van der Waals surface area (Å²) in [6.07, 6.45) is 1.00. The molecule has 0 saturated carbocycles. The Kier molecular flexibility index (Phi) is 3.89. The lowest BCUT2D eigenvalue weighted by Crippen LogP contribution is -2.18. The van der Waals surface area contributed by atoms with Crippen LogP contribution in [0.1, 0.15) is 46.1 Å². The average molecular weight is 221 g/mol. The second-order valence-corrected chi connectivity index (χ2v) is 5.67. The fourth-order valence-corrected chi connectivity index (χ4v) is 1.48. The zero-order chi connectivity index (χ0) is 12.3. The molecule has 0 radical (unpaired) electrons. The Morgan fingerprint density at radius 3 is 2.31 bits per heavy atom. The molecule has 1 N–H and O–H groups in total. The van der Waals surface area contributed by atoms with Gasteiger partial charge in [-0.25, -0.2) is 9.97 Å². The molecule has 0 bridgehead atoms. The van der Waals surface area contributed by atoms with Gasteiger partial charge in [0, 0.05) is 24.2 Å². The van der Waals surface area contributed by atoms with Crippen LogP contribution in [0, 0.1) is 5.92 Å². The van der Waals surface area contributed by atoms with Gasteiger partial charge in [-0.2, -0.15) is 0 Å². The van der Waals surface area contributed by atoms with E-state index in [1.54, 1.807) is 0 Å². The third kappa shape index (κ3) is 3.47. The molecule has 1 aromatic rings. The van der Waals surface area contributed by atoms with Gasteiger partial charge in [0.15, 0.2) is 0 Å². The lowest BCUT2D eigenvalue weighted by molar-refractivity contribution is 0.536. The fourth-order valence-electron chi connectivity index (χ4n) is 1.48. The molecule has 1 aromatic heterocycles. The van der Waals surface area contributed by atoms with E-state index in [2.05, 4.69) is 49.9 Å². The van der Waals surface area contributed by atoms with Crippen LogP contribution in [0.2, 0.25) is 0 Å². The third-order valence-electron chi connectivity index (χ3n) is 2.32. The van der Waals surface area contributed by atoms with Gasteiger partial charge in [-0.3, -0.25) is 0 Å². The molecule has 0 aliphatic carbocycles. The van der Waals surface area contributed by atoms with Crippen LogP contribution in [0.25, 0.3) is 0 Å². The van der Waals surface area contributed by atoms with E-state index in [4.69, 9.17) is 0 Å². The minimum absolute atomic E-state index is 0.00140. The molecule has 0 atom stereocenters. The normalized spacial score (nSPS) is 11.9. The predicted molar refractivity (Wildman–Crippen MR) is 68.8 cm³/mol. The zero-order valence-electron chi connectivity index (χ0n) is 11.3. The lowest BCUT2D eigenvalue weighted by atomic mass is 9.95. The Balaban J connectivity index is 3.11. The monoisotopic (exact) mass is 221 g/mol. The van der Waals surface area contributed by atoms with E-state index >= 15 is 0 Å². The SMILES string of the molecule is CNc1cc(CC(C)C)nc(C(C)(C)C)n1. The molecule has 0 aliphatic heterocycles. The lowest BCUT2D eigenvalue weighted by Gasteiger charge is -2.19. The van der Waals surface area contributed by atoms with Crippen LogP contribution in [-0.4, -0.2) is 17.0 Å². The van der Waals surface area contributed by atoms with Gasteiger partial charge < -0.3 is 5.32 Å². The summed E-state index contributed by atoms with van der Waals surface area (Å²) >= 11 is 0. The third-order valence-corrected chi connectivity index (χ3v) is 2.32. The highest BCUT2D eigenvalue weighted by atomic mass is 15.0. The zero-order valence-corrected chi connectivity index (χ0v) is 11.3. The molecule has 0 spiro atoms. The highest BCUT2D eigenvalue weighted by Gasteiger charge is 2.19. The molecule has 0 fully saturated rings. The van der Waals surface area contributed by atoms with Crippen LogP contribution in [0.5, 0.6) is 0 Å². The first-order valence-corrected chi connectivity index (χ1v) is 5.89. The van der Waals surface area contributed by atoms with Gasteiger partial charge in [-0.15, -0.1) is 0 Å². The van der Waals surface area contributed by atoms with Crippen molar-refractivity contribution in [3.63, 3.8) is 0 Å². The summed E-state index contributed by atoms with van der Waals surface area (Å²) in [5, 5.41) is 3.10. The van der Waals surface area contributed by atoms with E-state index in [1.165, 1.54) is 0 Å². The summed E-state index contributed by atoms with van der Waals surface area (Å²) in [7, 11) is 1.90. The standard InChI is InChI=1S/C13H23N3/c1-9(2)7-10-8-11(14-6)16-12(15-10)13(3,4)5/h8-9H,7H2,1-6H3,(H,14,15,16). The van der Waals surface area contributed by atoms with Crippen LogP contribution in [0.3, 0.4) is 0 Å². The number of nitrogens with zero attached hydrogens (tertiary/aromatic N) is 2. The van der Waals surface area contributed by atoms with E-state index in [0.29, 0.717) is 5.92 Å². The molecule has 0 aliphatic rings. The summed E-state index contributed by atoms with van der Waals surface area (Å²) in [4.78, 5) is 9.15. The first-order chi connectivity index (χ1) is 7.32. The van der Waals surface area contributed by atoms with Crippen molar-refractivity contribution in [1.82, 2.24) is 9.97 Å². The summed E-state index contributed by atoms with van der Waals surface area (Å²) in [5.41, 5.74) is 1.12. The quantitative estimate of drug-likeness (QED) is 0.852. The number of hydrogen-bond acceptors (Lipinski definition) is 3. The van der Waals surface area contributed by atoms with Gasteiger partial charge in [-0.1, -0.05) is 34.6 Å². The summed E-state index contributed by atoms with van der Waals surface area (Å²) < 4.78 is 0. The van der Waals surface area contributed by atoms with Crippen molar-refractivity contribution in [3.05, 3.63) is 17.6 Å². The molecular weight excluding hydrogens is 198 g/mol. The van der Waals surface area contributed by atoms with Gasteiger partial charge >= 0.3 is 0 Å². The van der Waals surface area contributed by atoms with Crippen LogP contribution in [0.15, 0.2) is 6.07 Å². The number of rotatable bonds is 3. The van der Waals surface area contributed by atoms with Crippen molar-refractivity contribution in [2.45, 2.75) is 46.5 Å². The second-order valence-electron chi connectivity index (χ2n) is 5.67.